The van der Waals surface area contributed by atoms with Crippen LogP contribution >= 0.6 is 0 Å². The molecule has 37 heavy (non-hydrogen) atoms. The highest BCUT2D eigenvalue weighted by atomic mass is 16.5. The second kappa shape index (κ2) is 10.5. The molecule has 3 fully saturated rings. The molecule has 1 saturated heterocycles. The number of ether oxygens (including phenoxy) is 2. The van der Waals surface area contributed by atoms with Gasteiger partial charge in [0.05, 0.1) is 11.9 Å². The van der Waals surface area contributed by atoms with Crippen molar-refractivity contribution >= 4 is 18.0 Å². The second-order valence-electron chi connectivity index (χ2n) is 11.0. The number of benzene rings is 1. The molecule has 1 amide bonds. The van der Waals surface area contributed by atoms with Crippen LogP contribution in [-0.2, 0) is 19.7 Å². The van der Waals surface area contributed by atoms with Crippen LogP contribution in [0.5, 0.6) is 5.75 Å². The molecule has 0 radical (unpaired) electrons. The minimum absolute atomic E-state index is 0.0123. The van der Waals surface area contributed by atoms with E-state index in [1.807, 2.05) is 38.3 Å². The van der Waals surface area contributed by atoms with Gasteiger partial charge in [-0.1, -0.05) is 12.1 Å². The molecule has 0 spiro atoms. The zero-order chi connectivity index (χ0) is 26.0. The quantitative estimate of drug-likeness (QED) is 0.319. The first-order chi connectivity index (χ1) is 17.8. The first-order valence-corrected chi connectivity index (χ1v) is 13.4. The lowest BCUT2D eigenvalue weighted by atomic mass is 9.55. The molecule has 1 aromatic heterocycles. The fourth-order valence-electron chi connectivity index (χ4n) is 6.54. The number of nitrogens with one attached hydrogen (secondary N) is 1. The van der Waals surface area contributed by atoms with Crippen molar-refractivity contribution in [3.05, 3.63) is 59.6 Å². The molecule has 2 heterocycles. The summed E-state index contributed by atoms with van der Waals surface area (Å²) in [5.74, 6) is 1.71. The Morgan fingerprint density at radius 3 is 2.76 bits per heavy atom. The number of piperidine rings is 1. The molecule has 3 atom stereocenters. The van der Waals surface area contributed by atoms with E-state index >= 15 is 0 Å². The number of methoxy groups -OCH3 is 1. The predicted octanol–water partition coefficient (Wildman–Crippen LogP) is 4.63. The minimum Gasteiger partial charge on any atom is -0.469 e. The van der Waals surface area contributed by atoms with Crippen molar-refractivity contribution in [1.82, 2.24) is 10.2 Å². The summed E-state index contributed by atoms with van der Waals surface area (Å²) < 4.78 is 17.3. The number of likely N-dealkylation sites (tertiary alicyclic amines) is 1. The molecule has 3 aliphatic rings. The first-order valence-electron chi connectivity index (χ1n) is 13.4. The Morgan fingerprint density at radius 1 is 1.22 bits per heavy atom. The highest BCUT2D eigenvalue weighted by Crippen LogP contribution is 2.54. The maximum atomic E-state index is 12.9. The van der Waals surface area contributed by atoms with Crippen LogP contribution in [0.3, 0.4) is 0 Å². The molecule has 0 unspecified atom stereocenters. The summed E-state index contributed by atoms with van der Waals surface area (Å²) in [6.45, 7) is 6.29. The molecule has 1 N–H and O–H groups in total. The van der Waals surface area contributed by atoms with Crippen molar-refractivity contribution < 1.29 is 23.5 Å². The SMILES string of the molecule is CO[C@]12CC[C@@H](NC(=O)C=Cc3ccoc3C)C[C@]1(c1cccc(OC(C)=O)c1)CCN(CC1CC1)C2. The normalized spacial score (nSPS) is 28.1. The van der Waals surface area contributed by atoms with Crippen LogP contribution in [0.25, 0.3) is 6.08 Å². The van der Waals surface area contributed by atoms with E-state index in [1.54, 1.807) is 18.4 Å². The van der Waals surface area contributed by atoms with E-state index in [0.717, 1.165) is 68.1 Å². The Hall–Kier alpha value is -2.90. The van der Waals surface area contributed by atoms with Gasteiger partial charge in [0.2, 0.25) is 5.91 Å². The molecule has 5 rings (SSSR count). The monoisotopic (exact) mass is 506 g/mol. The molecule has 2 saturated carbocycles. The highest BCUT2D eigenvalue weighted by Gasteiger charge is 2.59. The average molecular weight is 507 g/mol. The molecule has 2 aliphatic carbocycles. The summed E-state index contributed by atoms with van der Waals surface area (Å²) in [6, 6.07) is 9.77. The zero-order valence-corrected chi connectivity index (χ0v) is 22.1. The van der Waals surface area contributed by atoms with Crippen molar-refractivity contribution in [3.8, 4) is 5.75 Å². The van der Waals surface area contributed by atoms with Crippen LogP contribution in [0.1, 0.15) is 62.3 Å². The maximum Gasteiger partial charge on any atom is 0.308 e. The third-order valence-corrected chi connectivity index (χ3v) is 8.61. The van der Waals surface area contributed by atoms with Crippen molar-refractivity contribution in [1.29, 1.82) is 0 Å². The number of amides is 1. The standard InChI is InChI=1S/C30H38N2O5/c1-21-24(12-16-36-21)9-10-28(34)31-26-11-13-30(35-3)20-32(19-23-7-8-23)15-14-29(30,18-26)25-5-4-6-27(17-25)37-22(2)33/h4-6,9-10,12,16-17,23,26H,7-8,11,13-15,18-20H2,1-3H3,(H,31,34)/t26-,29+,30+/m1/s1. The third-order valence-electron chi connectivity index (χ3n) is 8.61. The number of aryl methyl sites for hydroxylation is 1. The van der Waals surface area contributed by atoms with Gasteiger partial charge in [0.15, 0.2) is 0 Å². The Kier molecular flexibility index (Phi) is 7.28. The van der Waals surface area contributed by atoms with Crippen molar-refractivity contribution in [2.24, 2.45) is 5.92 Å². The number of hydrogen-bond donors (Lipinski definition) is 1. The topological polar surface area (TPSA) is 81.0 Å². The Bertz CT molecular complexity index is 1170. The van der Waals surface area contributed by atoms with Crippen LogP contribution in [-0.4, -0.2) is 55.2 Å². The van der Waals surface area contributed by atoms with Gasteiger partial charge in [0.25, 0.3) is 0 Å². The van der Waals surface area contributed by atoms with Gasteiger partial charge in [-0.05, 0) is 87.7 Å². The van der Waals surface area contributed by atoms with E-state index in [0.29, 0.717) is 5.75 Å². The van der Waals surface area contributed by atoms with Gasteiger partial charge in [0, 0.05) is 50.2 Å². The van der Waals surface area contributed by atoms with E-state index in [2.05, 4.69) is 16.3 Å². The molecule has 1 aliphatic heterocycles. The van der Waals surface area contributed by atoms with E-state index in [1.165, 1.54) is 19.8 Å². The number of nitrogens with zero attached hydrogens (tertiary/aromatic N) is 1. The Balaban J connectivity index is 1.42. The van der Waals surface area contributed by atoms with Crippen LogP contribution < -0.4 is 10.1 Å². The molecule has 1 aromatic carbocycles. The Morgan fingerprint density at radius 2 is 2.05 bits per heavy atom. The molecule has 7 nitrogen and oxygen atoms in total. The number of furan rings is 1. The zero-order valence-electron chi connectivity index (χ0n) is 22.1. The second-order valence-corrected chi connectivity index (χ2v) is 11.0. The number of carbonyl (C=O) groups is 2. The predicted molar refractivity (Wildman–Crippen MR) is 141 cm³/mol. The third kappa shape index (κ3) is 5.39. The van der Waals surface area contributed by atoms with Crippen molar-refractivity contribution in [2.45, 2.75) is 69.4 Å². The summed E-state index contributed by atoms with van der Waals surface area (Å²) in [5, 5.41) is 3.26. The lowest BCUT2D eigenvalue weighted by molar-refractivity contribution is -0.150. The fraction of sp³-hybridized carbons (Fsp3) is 0.533. The summed E-state index contributed by atoms with van der Waals surface area (Å²) in [4.78, 5) is 27.2. The van der Waals surface area contributed by atoms with Crippen molar-refractivity contribution in [3.63, 3.8) is 0 Å². The van der Waals surface area contributed by atoms with E-state index in [4.69, 9.17) is 13.9 Å². The summed E-state index contributed by atoms with van der Waals surface area (Å²) in [7, 11) is 1.83. The summed E-state index contributed by atoms with van der Waals surface area (Å²) in [5.41, 5.74) is 1.33. The van der Waals surface area contributed by atoms with Crippen LogP contribution in [0, 0.1) is 12.8 Å². The van der Waals surface area contributed by atoms with Crippen molar-refractivity contribution in [2.75, 3.05) is 26.7 Å². The number of esters is 1. The lowest BCUT2D eigenvalue weighted by Gasteiger charge is -2.60. The van der Waals surface area contributed by atoms with Gasteiger partial charge < -0.3 is 24.1 Å². The molecule has 198 valence electrons. The van der Waals surface area contributed by atoms with E-state index in [9.17, 15) is 9.59 Å². The number of fused-ring (bicyclic) bond motifs is 1. The van der Waals surface area contributed by atoms with Gasteiger partial charge in [-0.3, -0.25) is 9.59 Å². The molecular weight excluding hydrogens is 468 g/mol. The summed E-state index contributed by atoms with van der Waals surface area (Å²) in [6.07, 6.45) is 11.0. The van der Waals surface area contributed by atoms with Crippen LogP contribution in [0.2, 0.25) is 0 Å². The number of hydrogen-bond acceptors (Lipinski definition) is 6. The van der Waals surface area contributed by atoms with Gasteiger partial charge in [0.1, 0.15) is 11.5 Å². The fourth-order valence-corrected chi connectivity index (χ4v) is 6.54. The molecular formula is C30H38N2O5. The highest BCUT2D eigenvalue weighted by molar-refractivity contribution is 5.92. The van der Waals surface area contributed by atoms with Gasteiger partial charge in [-0.2, -0.15) is 0 Å². The molecule has 0 bridgehead atoms. The van der Waals surface area contributed by atoms with Crippen LogP contribution in [0.15, 0.2) is 47.1 Å². The molecule has 7 heteroatoms. The van der Waals surface area contributed by atoms with Gasteiger partial charge >= 0.3 is 5.97 Å². The average Bonchev–Trinajstić information content (AvgIpc) is 3.60. The van der Waals surface area contributed by atoms with Crippen LogP contribution in [0.4, 0.5) is 0 Å². The number of carbonyl (C=O) groups excluding carboxylic acids is 2. The smallest absolute Gasteiger partial charge is 0.308 e. The number of rotatable bonds is 8. The molecule has 2 aromatic rings. The summed E-state index contributed by atoms with van der Waals surface area (Å²) >= 11 is 0. The maximum absolute atomic E-state index is 12.9. The largest absolute Gasteiger partial charge is 0.469 e. The van der Waals surface area contributed by atoms with Gasteiger partial charge in [-0.25, -0.2) is 0 Å². The minimum atomic E-state index is -0.375. The Labute approximate surface area is 219 Å². The van der Waals surface area contributed by atoms with Gasteiger partial charge in [-0.15, -0.1) is 0 Å². The lowest BCUT2D eigenvalue weighted by Crippen LogP contribution is -2.68. The van der Waals surface area contributed by atoms with E-state index < -0.39 is 0 Å². The van der Waals surface area contributed by atoms with E-state index in [-0.39, 0.29) is 28.9 Å². The first kappa shape index (κ1) is 25.7.